The maximum absolute atomic E-state index is 11.2. The van der Waals surface area contributed by atoms with Gasteiger partial charge in [-0.15, -0.1) is 0 Å². The standard InChI is InChI=1S/C11H11NO4S/c1-7-3-4-10(17(13,14)15)8(2)11(7)9-5-16-6-12-9/h3-6H,1-2H3,(H,13,14,15). The number of benzene rings is 1. The van der Waals surface area contributed by atoms with Gasteiger partial charge in [0.2, 0.25) is 0 Å². The van der Waals surface area contributed by atoms with Crippen molar-refractivity contribution in [3.05, 3.63) is 35.9 Å². The van der Waals surface area contributed by atoms with Crippen molar-refractivity contribution >= 4 is 10.1 Å². The number of rotatable bonds is 2. The second kappa shape index (κ2) is 3.97. The van der Waals surface area contributed by atoms with E-state index in [1.54, 1.807) is 13.0 Å². The van der Waals surface area contributed by atoms with Gasteiger partial charge in [0, 0.05) is 5.56 Å². The summed E-state index contributed by atoms with van der Waals surface area (Å²) >= 11 is 0. The smallest absolute Gasteiger partial charge is 0.294 e. The van der Waals surface area contributed by atoms with E-state index in [9.17, 15) is 8.42 Å². The third-order valence-electron chi connectivity index (χ3n) is 2.59. The molecule has 0 fully saturated rings. The predicted octanol–water partition coefficient (Wildman–Crippen LogP) is 2.21. The van der Waals surface area contributed by atoms with Crippen LogP contribution in [-0.2, 0) is 10.1 Å². The van der Waals surface area contributed by atoms with E-state index in [0.29, 0.717) is 16.8 Å². The molecule has 17 heavy (non-hydrogen) atoms. The normalized spacial score (nSPS) is 11.7. The van der Waals surface area contributed by atoms with E-state index in [2.05, 4.69) is 4.98 Å². The number of hydrogen-bond acceptors (Lipinski definition) is 4. The van der Waals surface area contributed by atoms with Gasteiger partial charge in [0.05, 0.1) is 4.90 Å². The maximum atomic E-state index is 11.2. The van der Waals surface area contributed by atoms with Crippen LogP contribution < -0.4 is 0 Å². The summed E-state index contributed by atoms with van der Waals surface area (Å²) in [6, 6.07) is 3.00. The fourth-order valence-corrected chi connectivity index (χ4v) is 2.57. The molecule has 5 nitrogen and oxygen atoms in total. The summed E-state index contributed by atoms with van der Waals surface area (Å²) < 4.78 is 36.4. The van der Waals surface area contributed by atoms with Crippen molar-refractivity contribution in [3.63, 3.8) is 0 Å². The lowest BCUT2D eigenvalue weighted by molar-refractivity contribution is 0.482. The topological polar surface area (TPSA) is 80.4 Å². The molecule has 0 unspecified atom stereocenters. The molecule has 1 aromatic carbocycles. The molecular formula is C11H11NO4S. The van der Waals surface area contributed by atoms with Crippen molar-refractivity contribution in [2.75, 3.05) is 0 Å². The van der Waals surface area contributed by atoms with E-state index in [1.165, 1.54) is 18.7 Å². The van der Waals surface area contributed by atoms with Crippen molar-refractivity contribution in [2.45, 2.75) is 18.7 Å². The molecule has 0 amide bonds. The second-order valence-electron chi connectivity index (χ2n) is 3.73. The van der Waals surface area contributed by atoms with Crippen LogP contribution in [0.15, 0.2) is 34.1 Å². The SMILES string of the molecule is Cc1ccc(S(=O)(=O)O)c(C)c1-c1cocn1. The molecule has 0 saturated heterocycles. The molecule has 1 heterocycles. The lowest BCUT2D eigenvalue weighted by atomic mass is 10.0. The number of oxazole rings is 1. The lowest BCUT2D eigenvalue weighted by Gasteiger charge is -2.10. The van der Waals surface area contributed by atoms with Gasteiger partial charge in [-0.3, -0.25) is 4.55 Å². The van der Waals surface area contributed by atoms with Gasteiger partial charge in [0.25, 0.3) is 10.1 Å². The van der Waals surface area contributed by atoms with Crippen LogP contribution in [0.1, 0.15) is 11.1 Å². The van der Waals surface area contributed by atoms with Crippen LogP contribution in [-0.4, -0.2) is 18.0 Å². The largest absolute Gasteiger partial charge is 0.451 e. The van der Waals surface area contributed by atoms with Gasteiger partial charge in [-0.25, -0.2) is 4.98 Å². The van der Waals surface area contributed by atoms with Gasteiger partial charge in [-0.1, -0.05) is 6.07 Å². The Kier molecular flexibility index (Phi) is 2.76. The first kappa shape index (κ1) is 11.8. The highest BCUT2D eigenvalue weighted by Crippen LogP contribution is 2.30. The lowest BCUT2D eigenvalue weighted by Crippen LogP contribution is -2.03. The summed E-state index contributed by atoms with van der Waals surface area (Å²) in [7, 11) is -4.22. The number of aromatic nitrogens is 1. The molecule has 0 aliphatic rings. The molecule has 0 aliphatic carbocycles. The van der Waals surface area contributed by atoms with Crippen molar-refractivity contribution < 1.29 is 17.4 Å². The Hall–Kier alpha value is -1.66. The van der Waals surface area contributed by atoms with Gasteiger partial charge in [-0.05, 0) is 31.0 Å². The zero-order valence-electron chi connectivity index (χ0n) is 9.34. The number of aryl methyl sites for hydroxylation is 1. The van der Waals surface area contributed by atoms with E-state index < -0.39 is 10.1 Å². The summed E-state index contributed by atoms with van der Waals surface area (Å²) in [6.45, 7) is 3.46. The minimum Gasteiger partial charge on any atom is -0.451 e. The van der Waals surface area contributed by atoms with Gasteiger partial charge in [-0.2, -0.15) is 8.42 Å². The monoisotopic (exact) mass is 253 g/mol. The van der Waals surface area contributed by atoms with Crippen LogP contribution in [0.3, 0.4) is 0 Å². The molecule has 6 heteroatoms. The minimum absolute atomic E-state index is 0.110. The Morgan fingerprint density at radius 3 is 2.53 bits per heavy atom. The molecule has 0 saturated carbocycles. The van der Waals surface area contributed by atoms with E-state index in [0.717, 1.165) is 5.56 Å². The van der Waals surface area contributed by atoms with Crippen LogP contribution in [0.5, 0.6) is 0 Å². The molecule has 90 valence electrons. The summed E-state index contributed by atoms with van der Waals surface area (Å²) in [5.41, 5.74) is 2.53. The number of nitrogens with zero attached hydrogens (tertiary/aromatic N) is 1. The molecular weight excluding hydrogens is 242 g/mol. The zero-order chi connectivity index (χ0) is 12.6. The average molecular weight is 253 g/mol. The van der Waals surface area contributed by atoms with Crippen LogP contribution in [0.25, 0.3) is 11.3 Å². The molecule has 1 N–H and O–H groups in total. The molecule has 2 rings (SSSR count). The van der Waals surface area contributed by atoms with Crippen LogP contribution in [0.4, 0.5) is 0 Å². The third-order valence-corrected chi connectivity index (χ3v) is 3.59. The summed E-state index contributed by atoms with van der Waals surface area (Å²) in [6.07, 6.45) is 2.71. The molecule has 2 aromatic rings. The van der Waals surface area contributed by atoms with Gasteiger partial charge in [0.1, 0.15) is 12.0 Å². The number of hydrogen-bond donors (Lipinski definition) is 1. The fraction of sp³-hybridized carbons (Fsp3) is 0.182. The second-order valence-corrected chi connectivity index (χ2v) is 5.12. The highest BCUT2D eigenvalue weighted by Gasteiger charge is 2.18. The highest BCUT2D eigenvalue weighted by molar-refractivity contribution is 7.85. The third kappa shape index (κ3) is 2.09. The van der Waals surface area contributed by atoms with Gasteiger partial charge in [0.15, 0.2) is 6.39 Å². The Balaban J connectivity index is 2.77. The summed E-state index contributed by atoms with van der Waals surface area (Å²) in [4.78, 5) is 3.88. The van der Waals surface area contributed by atoms with Gasteiger partial charge < -0.3 is 4.42 Å². The van der Waals surface area contributed by atoms with Crippen molar-refractivity contribution in [1.29, 1.82) is 0 Å². The Morgan fingerprint density at radius 1 is 1.29 bits per heavy atom. The first-order chi connectivity index (χ1) is 7.91. The molecule has 0 radical (unpaired) electrons. The molecule has 0 aliphatic heterocycles. The molecule has 0 spiro atoms. The maximum Gasteiger partial charge on any atom is 0.294 e. The molecule has 0 bridgehead atoms. The average Bonchev–Trinajstić information content (AvgIpc) is 2.68. The van der Waals surface area contributed by atoms with E-state index in [-0.39, 0.29) is 4.90 Å². The first-order valence-electron chi connectivity index (χ1n) is 4.87. The Bertz CT molecular complexity index is 644. The van der Waals surface area contributed by atoms with Crippen molar-refractivity contribution in [1.82, 2.24) is 4.98 Å². The summed E-state index contributed by atoms with van der Waals surface area (Å²) in [5, 5.41) is 0. The summed E-state index contributed by atoms with van der Waals surface area (Å²) in [5.74, 6) is 0. The fourth-order valence-electron chi connectivity index (χ4n) is 1.84. The molecule has 1 aromatic heterocycles. The zero-order valence-corrected chi connectivity index (χ0v) is 10.2. The van der Waals surface area contributed by atoms with E-state index in [1.807, 2.05) is 6.92 Å². The van der Waals surface area contributed by atoms with E-state index in [4.69, 9.17) is 8.97 Å². The Labute approximate surface area is 98.9 Å². The molecule has 0 atom stereocenters. The first-order valence-corrected chi connectivity index (χ1v) is 6.31. The van der Waals surface area contributed by atoms with Crippen molar-refractivity contribution in [3.8, 4) is 11.3 Å². The predicted molar refractivity (Wildman–Crippen MR) is 61.2 cm³/mol. The quantitative estimate of drug-likeness (QED) is 0.830. The van der Waals surface area contributed by atoms with Gasteiger partial charge >= 0.3 is 0 Å². The van der Waals surface area contributed by atoms with Crippen LogP contribution >= 0.6 is 0 Å². The minimum atomic E-state index is -4.22. The Morgan fingerprint density at radius 2 is 2.00 bits per heavy atom. The van der Waals surface area contributed by atoms with E-state index >= 15 is 0 Å². The van der Waals surface area contributed by atoms with Crippen LogP contribution in [0, 0.1) is 13.8 Å². The van der Waals surface area contributed by atoms with Crippen molar-refractivity contribution in [2.24, 2.45) is 0 Å². The van der Waals surface area contributed by atoms with Crippen LogP contribution in [0.2, 0.25) is 0 Å². The highest BCUT2D eigenvalue weighted by atomic mass is 32.2.